The Morgan fingerprint density at radius 1 is 1.41 bits per heavy atom. The van der Waals surface area contributed by atoms with E-state index in [1.165, 1.54) is 5.56 Å². The molecule has 0 saturated carbocycles. The molecule has 1 aromatic carbocycles. The van der Waals surface area contributed by atoms with E-state index < -0.39 is 0 Å². The van der Waals surface area contributed by atoms with E-state index in [9.17, 15) is 4.79 Å². The molecule has 1 aromatic rings. The lowest BCUT2D eigenvalue weighted by Gasteiger charge is -2.08. The van der Waals surface area contributed by atoms with Gasteiger partial charge in [-0.2, -0.15) is 0 Å². The van der Waals surface area contributed by atoms with Gasteiger partial charge in [-0.15, -0.1) is 0 Å². The zero-order valence-electron chi connectivity index (χ0n) is 10.6. The molecule has 92 valence electrons. The summed E-state index contributed by atoms with van der Waals surface area (Å²) >= 11 is 0. The third-order valence-electron chi connectivity index (χ3n) is 3.06. The summed E-state index contributed by atoms with van der Waals surface area (Å²) in [4.78, 5) is 13.6. The minimum absolute atomic E-state index is 0.0696. The average Bonchev–Trinajstić information content (AvgIpc) is 3.09. The van der Waals surface area contributed by atoms with Gasteiger partial charge in [0.05, 0.1) is 13.2 Å². The standard InChI is InChI=1S/C14H19NO2/c1-4-17-14(16)13-9-15(13)12-7-5-11(6-8-12)10(2)3/h5-8,10,13H,4,9H2,1-3H3. The van der Waals surface area contributed by atoms with Crippen LogP contribution in [0.2, 0.25) is 0 Å². The lowest BCUT2D eigenvalue weighted by molar-refractivity contribution is -0.142. The maximum atomic E-state index is 11.5. The summed E-state index contributed by atoms with van der Waals surface area (Å²) in [6, 6.07) is 8.34. The molecule has 0 aromatic heterocycles. The predicted molar refractivity (Wildman–Crippen MR) is 68.3 cm³/mol. The fourth-order valence-electron chi connectivity index (χ4n) is 1.92. The largest absolute Gasteiger partial charge is 0.464 e. The zero-order valence-corrected chi connectivity index (χ0v) is 10.6. The van der Waals surface area contributed by atoms with Gasteiger partial charge >= 0.3 is 5.97 Å². The van der Waals surface area contributed by atoms with Crippen molar-refractivity contribution in [3.05, 3.63) is 29.8 Å². The Kier molecular flexibility index (Phi) is 3.36. The molecule has 17 heavy (non-hydrogen) atoms. The second-order valence-electron chi connectivity index (χ2n) is 4.67. The maximum Gasteiger partial charge on any atom is 0.330 e. The van der Waals surface area contributed by atoms with Crippen LogP contribution in [0, 0.1) is 0 Å². The van der Waals surface area contributed by atoms with Crippen LogP contribution in [-0.4, -0.2) is 25.2 Å². The van der Waals surface area contributed by atoms with Crippen molar-refractivity contribution in [2.45, 2.75) is 32.7 Å². The molecule has 3 nitrogen and oxygen atoms in total. The number of benzene rings is 1. The number of ether oxygens (including phenoxy) is 1. The van der Waals surface area contributed by atoms with Crippen LogP contribution in [0.1, 0.15) is 32.3 Å². The molecule has 1 fully saturated rings. The fraction of sp³-hybridized carbons (Fsp3) is 0.500. The molecule has 0 spiro atoms. The molecule has 1 unspecified atom stereocenters. The average molecular weight is 233 g/mol. The first-order chi connectivity index (χ1) is 8.13. The van der Waals surface area contributed by atoms with Gasteiger partial charge in [0, 0.05) is 5.69 Å². The van der Waals surface area contributed by atoms with Gasteiger partial charge in [0.1, 0.15) is 6.04 Å². The molecular formula is C14H19NO2. The Balaban J connectivity index is 1.99. The molecule has 0 amide bonds. The lowest BCUT2D eigenvalue weighted by atomic mass is 10.0. The second-order valence-corrected chi connectivity index (χ2v) is 4.67. The molecule has 1 atom stereocenters. The van der Waals surface area contributed by atoms with Crippen molar-refractivity contribution in [1.29, 1.82) is 0 Å². The van der Waals surface area contributed by atoms with Gasteiger partial charge in [0.2, 0.25) is 0 Å². The zero-order chi connectivity index (χ0) is 12.4. The van der Waals surface area contributed by atoms with E-state index in [2.05, 4.69) is 43.0 Å². The van der Waals surface area contributed by atoms with E-state index in [1.54, 1.807) is 0 Å². The van der Waals surface area contributed by atoms with Crippen LogP contribution in [0.3, 0.4) is 0 Å². The minimum atomic E-state index is -0.111. The van der Waals surface area contributed by atoms with Gasteiger partial charge in [-0.1, -0.05) is 26.0 Å². The Bertz CT molecular complexity index is 397. The molecule has 0 aliphatic carbocycles. The number of carbonyl (C=O) groups is 1. The number of carbonyl (C=O) groups excluding carboxylic acids is 1. The van der Waals surface area contributed by atoms with E-state index in [0.717, 1.165) is 12.2 Å². The van der Waals surface area contributed by atoms with Gasteiger partial charge in [0.25, 0.3) is 0 Å². The van der Waals surface area contributed by atoms with Gasteiger partial charge in [0.15, 0.2) is 0 Å². The van der Waals surface area contributed by atoms with Crippen molar-refractivity contribution in [2.75, 3.05) is 18.1 Å². The molecule has 0 radical (unpaired) electrons. The lowest BCUT2D eigenvalue weighted by Crippen LogP contribution is -2.15. The highest BCUT2D eigenvalue weighted by atomic mass is 16.5. The smallest absolute Gasteiger partial charge is 0.330 e. The summed E-state index contributed by atoms with van der Waals surface area (Å²) in [5.74, 6) is 0.430. The molecular weight excluding hydrogens is 214 g/mol. The highest BCUT2D eigenvalue weighted by Crippen LogP contribution is 2.29. The summed E-state index contributed by atoms with van der Waals surface area (Å²) in [6.07, 6.45) is 0. The number of hydrogen-bond acceptors (Lipinski definition) is 3. The summed E-state index contributed by atoms with van der Waals surface area (Å²) in [6.45, 7) is 7.42. The molecule has 3 heteroatoms. The van der Waals surface area contributed by atoms with Crippen LogP contribution in [0.25, 0.3) is 0 Å². The van der Waals surface area contributed by atoms with E-state index in [1.807, 2.05) is 6.92 Å². The summed E-state index contributed by atoms with van der Waals surface area (Å²) in [5, 5.41) is 0. The quantitative estimate of drug-likeness (QED) is 0.591. The first-order valence-corrected chi connectivity index (χ1v) is 6.16. The van der Waals surface area contributed by atoms with Gasteiger partial charge < -0.3 is 9.64 Å². The first-order valence-electron chi connectivity index (χ1n) is 6.16. The highest BCUT2D eigenvalue weighted by molar-refractivity contribution is 5.86. The summed E-state index contributed by atoms with van der Waals surface area (Å²) in [5.41, 5.74) is 2.43. The topological polar surface area (TPSA) is 29.3 Å². The van der Waals surface area contributed by atoms with Crippen molar-refractivity contribution >= 4 is 11.7 Å². The molecule has 0 bridgehead atoms. The third kappa shape index (κ3) is 2.60. The summed E-state index contributed by atoms with van der Waals surface area (Å²) in [7, 11) is 0. The number of hydrogen-bond donors (Lipinski definition) is 0. The Morgan fingerprint density at radius 3 is 2.59 bits per heavy atom. The van der Waals surface area contributed by atoms with E-state index in [0.29, 0.717) is 12.5 Å². The molecule has 2 rings (SSSR count). The van der Waals surface area contributed by atoms with Crippen LogP contribution < -0.4 is 4.90 Å². The van der Waals surface area contributed by atoms with Crippen molar-refractivity contribution in [3.63, 3.8) is 0 Å². The van der Waals surface area contributed by atoms with Crippen LogP contribution in [0.5, 0.6) is 0 Å². The Labute approximate surface area is 102 Å². The fourth-order valence-corrected chi connectivity index (χ4v) is 1.92. The molecule has 0 N–H and O–H groups in total. The normalized spacial score (nSPS) is 18.4. The number of esters is 1. The molecule has 1 saturated heterocycles. The van der Waals surface area contributed by atoms with Crippen molar-refractivity contribution in [2.24, 2.45) is 0 Å². The van der Waals surface area contributed by atoms with Gasteiger partial charge in [-0.3, -0.25) is 0 Å². The number of nitrogens with zero attached hydrogens (tertiary/aromatic N) is 1. The van der Waals surface area contributed by atoms with Crippen molar-refractivity contribution in [1.82, 2.24) is 0 Å². The monoisotopic (exact) mass is 233 g/mol. The number of rotatable bonds is 4. The van der Waals surface area contributed by atoms with Gasteiger partial charge in [-0.25, -0.2) is 4.79 Å². The molecule has 1 aliphatic heterocycles. The van der Waals surface area contributed by atoms with Crippen LogP contribution in [0.4, 0.5) is 5.69 Å². The van der Waals surface area contributed by atoms with Crippen molar-refractivity contribution in [3.8, 4) is 0 Å². The van der Waals surface area contributed by atoms with Crippen LogP contribution in [0.15, 0.2) is 24.3 Å². The summed E-state index contributed by atoms with van der Waals surface area (Å²) < 4.78 is 5.00. The number of anilines is 1. The maximum absolute atomic E-state index is 11.5. The van der Waals surface area contributed by atoms with E-state index in [4.69, 9.17) is 4.74 Å². The van der Waals surface area contributed by atoms with E-state index >= 15 is 0 Å². The van der Waals surface area contributed by atoms with Crippen molar-refractivity contribution < 1.29 is 9.53 Å². The van der Waals surface area contributed by atoms with Crippen LogP contribution in [-0.2, 0) is 9.53 Å². The van der Waals surface area contributed by atoms with E-state index in [-0.39, 0.29) is 12.0 Å². The Morgan fingerprint density at radius 2 is 2.06 bits per heavy atom. The van der Waals surface area contributed by atoms with Crippen LogP contribution >= 0.6 is 0 Å². The van der Waals surface area contributed by atoms with Gasteiger partial charge in [-0.05, 0) is 30.5 Å². The minimum Gasteiger partial charge on any atom is -0.464 e. The predicted octanol–water partition coefficient (Wildman–Crippen LogP) is 2.56. The highest BCUT2D eigenvalue weighted by Gasteiger charge is 2.41. The Hall–Kier alpha value is -1.51. The molecule has 1 aliphatic rings. The SMILES string of the molecule is CCOC(=O)C1CN1c1ccc(C(C)C)cc1. The second kappa shape index (κ2) is 4.78. The molecule has 1 heterocycles. The first kappa shape index (κ1) is 12.0. The third-order valence-corrected chi connectivity index (χ3v) is 3.06.